The molecule has 2 nitrogen and oxygen atoms in total. The van der Waals surface area contributed by atoms with Crippen molar-refractivity contribution in [1.29, 1.82) is 0 Å². The van der Waals surface area contributed by atoms with Crippen molar-refractivity contribution in [2.75, 3.05) is 5.75 Å². The smallest absolute Gasteiger partial charge is 0.178 e. The summed E-state index contributed by atoms with van der Waals surface area (Å²) >= 11 is 0. The van der Waals surface area contributed by atoms with E-state index in [-0.39, 0.29) is 11.7 Å². The number of hydrogen-bond donors (Lipinski definition) is 0. The van der Waals surface area contributed by atoms with Gasteiger partial charge in [-0.05, 0) is 55.7 Å². The second-order valence-electron chi connectivity index (χ2n) is 6.38. The summed E-state index contributed by atoms with van der Waals surface area (Å²) in [5.74, 6) is 1.06. The van der Waals surface area contributed by atoms with Crippen molar-refractivity contribution in [2.45, 2.75) is 31.1 Å². The van der Waals surface area contributed by atoms with Gasteiger partial charge in [0, 0.05) is 0 Å². The van der Waals surface area contributed by atoms with Gasteiger partial charge in [-0.2, -0.15) is 0 Å². The average molecular weight is 314 g/mol. The van der Waals surface area contributed by atoms with Gasteiger partial charge in [0.05, 0.1) is 10.6 Å². The third kappa shape index (κ3) is 3.77. The highest BCUT2D eigenvalue weighted by Crippen LogP contribution is 2.39. The summed E-state index contributed by atoms with van der Waals surface area (Å²) in [6.07, 6.45) is 3.19. The van der Waals surface area contributed by atoms with E-state index in [1.165, 1.54) is 18.4 Å². The van der Waals surface area contributed by atoms with Gasteiger partial charge in [0.1, 0.15) is 0 Å². The summed E-state index contributed by atoms with van der Waals surface area (Å²) < 4.78 is 25.4. The van der Waals surface area contributed by atoms with E-state index < -0.39 is 9.84 Å². The van der Waals surface area contributed by atoms with Crippen LogP contribution in [0.3, 0.4) is 0 Å². The van der Waals surface area contributed by atoms with Gasteiger partial charge in [-0.1, -0.05) is 48.0 Å². The number of hydrogen-bond acceptors (Lipinski definition) is 2. The van der Waals surface area contributed by atoms with Gasteiger partial charge >= 0.3 is 0 Å². The molecule has 1 aliphatic rings. The zero-order valence-corrected chi connectivity index (χ0v) is 13.7. The van der Waals surface area contributed by atoms with Gasteiger partial charge in [-0.25, -0.2) is 8.42 Å². The monoisotopic (exact) mass is 314 g/mol. The van der Waals surface area contributed by atoms with Crippen LogP contribution in [0.5, 0.6) is 0 Å². The zero-order chi connectivity index (χ0) is 15.6. The Morgan fingerprint density at radius 3 is 2.23 bits per heavy atom. The van der Waals surface area contributed by atoms with E-state index in [0.717, 1.165) is 12.0 Å². The molecule has 3 heteroatoms. The van der Waals surface area contributed by atoms with E-state index in [2.05, 4.69) is 12.1 Å². The molecule has 1 fully saturated rings. The van der Waals surface area contributed by atoms with Crippen molar-refractivity contribution in [3.05, 3.63) is 65.7 Å². The fraction of sp³-hybridized carbons (Fsp3) is 0.368. The van der Waals surface area contributed by atoms with Crippen LogP contribution in [0.25, 0.3) is 0 Å². The van der Waals surface area contributed by atoms with Crippen LogP contribution in [0.4, 0.5) is 0 Å². The number of sulfone groups is 1. The minimum Gasteiger partial charge on any atom is -0.224 e. The van der Waals surface area contributed by atoms with Crippen LogP contribution in [-0.2, 0) is 16.3 Å². The van der Waals surface area contributed by atoms with Crippen LogP contribution in [-0.4, -0.2) is 14.2 Å². The highest BCUT2D eigenvalue weighted by atomic mass is 32.2. The summed E-state index contributed by atoms with van der Waals surface area (Å²) in [6.45, 7) is 1.97. The summed E-state index contributed by atoms with van der Waals surface area (Å²) in [5, 5.41) is 0. The van der Waals surface area contributed by atoms with E-state index in [0.29, 0.717) is 10.8 Å². The molecule has 1 aliphatic carbocycles. The second-order valence-corrected chi connectivity index (χ2v) is 8.42. The predicted molar refractivity (Wildman–Crippen MR) is 89.6 cm³/mol. The normalized spacial score (nSPS) is 16.4. The molecule has 116 valence electrons. The zero-order valence-electron chi connectivity index (χ0n) is 12.9. The van der Waals surface area contributed by atoms with Gasteiger partial charge < -0.3 is 0 Å². The molecule has 0 heterocycles. The molecule has 0 bridgehead atoms. The molecule has 0 radical (unpaired) electrons. The maximum absolute atomic E-state index is 12.7. The molecule has 2 aromatic carbocycles. The van der Waals surface area contributed by atoms with E-state index >= 15 is 0 Å². The quantitative estimate of drug-likeness (QED) is 0.806. The van der Waals surface area contributed by atoms with E-state index in [1.807, 2.05) is 37.3 Å². The van der Waals surface area contributed by atoms with Crippen molar-refractivity contribution in [2.24, 2.45) is 11.8 Å². The lowest BCUT2D eigenvalue weighted by atomic mass is 9.97. The first-order valence-corrected chi connectivity index (χ1v) is 9.53. The van der Waals surface area contributed by atoms with Gasteiger partial charge in [-0.15, -0.1) is 0 Å². The Bertz CT molecular complexity index is 714. The van der Waals surface area contributed by atoms with Crippen molar-refractivity contribution in [1.82, 2.24) is 0 Å². The summed E-state index contributed by atoms with van der Waals surface area (Å²) in [4.78, 5) is 0.455. The maximum Gasteiger partial charge on any atom is 0.178 e. The Labute approximate surface area is 133 Å². The highest BCUT2D eigenvalue weighted by molar-refractivity contribution is 7.91. The fourth-order valence-electron chi connectivity index (χ4n) is 2.97. The van der Waals surface area contributed by atoms with Gasteiger partial charge in [0.15, 0.2) is 9.84 Å². The lowest BCUT2D eigenvalue weighted by molar-refractivity contribution is 0.495. The van der Waals surface area contributed by atoms with E-state index in [1.54, 1.807) is 12.1 Å². The number of benzene rings is 2. The Morgan fingerprint density at radius 2 is 1.64 bits per heavy atom. The van der Waals surface area contributed by atoms with Crippen LogP contribution < -0.4 is 0 Å². The average Bonchev–Trinajstić information content (AvgIpc) is 3.32. The molecule has 1 atom stereocenters. The van der Waals surface area contributed by atoms with Gasteiger partial charge in [0.2, 0.25) is 0 Å². The predicted octanol–water partition coefficient (Wildman–Crippen LogP) is 4.04. The Hall–Kier alpha value is -1.61. The fourth-order valence-corrected chi connectivity index (χ4v) is 4.67. The third-order valence-electron chi connectivity index (χ3n) is 4.44. The number of rotatable bonds is 6. The molecule has 3 rings (SSSR count). The summed E-state index contributed by atoms with van der Waals surface area (Å²) in [5.41, 5.74) is 2.32. The van der Waals surface area contributed by atoms with Crippen molar-refractivity contribution in [3.63, 3.8) is 0 Å². The van der Waals surface area contributed by atoms with Crippen LogP contribution in [0.1, 0.15) is 24.0 Å². The molecular weight excluding hydrogens is 292 g/mol. The topological polar surface area (TPSA) is 34.1 Å². The van der Waals surface area contributed by atoms with Crippen LogP contribution in [0.2, 0.25) is 0 Å². The minimum absolute atomic E-state index is 0.230. The first kappa shape index (κ1) is 15.3. The lowest BCUT2D eigenvalue weighted by Gasteiger charge is -2.17. The Morgan fingerprint density at radius 1 is 1.00 bits per heavy atom. The lowest BCUT2D eigenvalue weighted by Crippen LogP contribution is -2.20. The summed E-state index contributed by atoms with van der Waals surface area (Å²) in [6, 6.07) is 17.4. The third-order valence-corrected chi connectivity index (χ3v) is 6.30. The molecular formula is C19H22O2S. The first-order chi connectivity index (χ1) is 10.5. The maximum atomic E-state index is 12.7. The highest BCUT2D eigenvalue weighted by Gasteiger charge is 2.34. The molecule has 0 unspecified atom stereocenters. The Kier molecular flexibility index (Phi) is 4.34. The molecule has 0 N–H and O–H groups in total. The van der Waals surface area contributed by atoms with E-state index in [9.17, 15) is 8.42 Å². The van der Waals surface area contributed by atoms with Crippen LogP contribution >= 0.6 is 0 Å². The number of aryl methyl sites for hydroxylation is 1. The van der Waals surface area contributed by atoms with Crippen molar-refractivity contribution in [3.8, 4) is 0 Å². The molecule has 0 amide bonds. The molecule has 2 aromatic rings. The molecule has 0 aromatic heterocycles. The van der Waals surface area contributed by atoms with Gasteiger partial charge in [0.25, 0.3) is 0 Å². The molecule has 0 saturated heterocycles. The minimum atomic E-state index is -3.20. The largest absolute Gasteiger partial charge is 0.224 e. The van der Waals surface area contributed by atoms with Crippen molar-refractivity contribution < 1.29 is 8.42 Å². The standard InChI is InChI=1S/C19H22O2S/c1-15-7-11-19(12-8-15)22(20,21)14-18(17-9-10-17)13-16-5-3-2-4-6-16/h2-8,11-12,17-18H,9-10,13-14H2,1H3/t18-/m0/s1. The molecule has 0 spiro atoms. The molecule has 22 heavy (non-hydrogen) atoms. The van der Waals surface area contributed by atoms with Gasteiger partial charge in [-0.3, -0.25) is 0 Å². The summed E-state index contributed by atoms with van der Waals surface area (Å²) in [7, 11) is -3.20. The van der Waals surface area contributed by atoms with Crippen LogP contribution in [0.15, 0.2) is 59.5 Å². The first-order valence-electron chi connectivity index (χ1n) is 7.88. The van der Waals surface area contributed by atoms with E-state index in [4.69, 9.17) is 0 Å². The Balaban J connectivity index is 1.77. The molecule has 0 aliphatic heterocycles. The van der Waals surface area contributed by atoms with Crippen molar-refractivity contribution >= 4 is 9.84 Å². The SMILES string of the molecule is Cc1ccc(S(=O)(=O)C[C@H](Cc2ccccc2)C2CC2)cc1. The molecule has 1 saturated carbocycles. The second kappa shape index (κ2) is 6.25. The van der Waals surface area contributed by atoms with Crippen LogP contribution in [0, 0.1) is 18.8 Å².